The maximum atomic E-state index is 13.4. The van der Waals surface area contributed by atoms with Crippen molar-refractivity contribution in [2.75, 3.05) is 12.4 Å². The van der Waals surface area contributed by atoms with Gasteiger partial charge in [-0.25, -0.2) is 0 Å². The topological polar surface area (TPSA) is 58.6 Å². The summed E-state index contributed by atoms with van der Waals surface area (Å²) >= 11 is 0. The molecule has 144 valence electrons. The van der Waals surface area contributed by atoms with Crippen LogP contribution in [0.4, 0.5) is 5.69 Å². The molecule has 0 aromatic heterocycles. The molecule has 1 heterocycles. The molecule has 1 saturated carbocycles. The molecule has 0 spiro atoms. The number of likely N-dealkylation sites (tertiary alicyclic amines) is 1. The molecule has 1 N–H and O–H groups in total. The van der Waals surface area contributed by atoms with Crippen LogP contribution in [-0.2, 0) is 9.59 Å². The second-order valence-corrected chi connectivity index (χ2v) is 7.95. The standard InChI is InChI=1S/C22H28N2O3/c1-27-18-11-9-16(10-12-18)23-21(26)22-14-5-4-8-19(22)24(20(25)13-15-22)17-6-2-3-7-17/h8-12,17H,2-7,13-15H2,1H3,(H,23,26). The van der Waals surface area contributed by atoms with Gasteiger partial charge in [-0.2, -0.15) is 0 Å². The normalized spacial score (nSPS) is 25.7. The Labute approximate surface area is 160 Å². The van der Waals surface area contributed by atoms with Crippen LogP contribution < -0.4 is 10.1 Å². The van der Waals surface area contributed by atoms with Crippen LogP contribution in [0.25, 0.3) is 0 Å². The number of fused-ring (bicyclic) bond motifs is 1. The molecule has 3 aliphatic rings. The zero-order chi connectivity index (χ0) is 18.9. The lowest BCUT2D eigenvalue weighted by Crippen LogP contribution is -2.53. The summed E-state index contributed by atoms with van der Waals surface area (Å²) in [7, 11) is 1.63. The Balaban J connectivity index is 1.61. The maximum absolute atomic E-state index is 13.4. The fraction of sp³-hybridized carbons (Fsp3) is 0.545. The molecule has 5 nitrogen and oxygen atoms in total. The zero-order valence-electron chi connectivity index (χ0n) is 16.0. The monoisotopic (exact) mass is 368 g/mol. The van der Waals surface area contributed by atoms with E-state index >= 15 is 0 Å². The highest BCUT2D eigenvalue weighted by atomic mass is 16.5. The molecule has 1 aliphatic heterocycles. The van der Waals surface area contributed by atoms with E-state index in [0.717, 1.165) is 49.2 Å². The lowest BCUT2D eigenvalue weighted by atomic mass is 9.68. The van der Waals surface area contributed by atoms with E-state index in [4.69, 9.17) is 4.74 Å². The Kier molecular flexibility index (Phi) is 4.94. The molecule has 1 saturated heterocycles. The molecule has 5 heteroatoms. The fourth-order valence-corrected chi connectivity index (χ4v) is 4.95. The number of benzene rings is 1. The average molecular weight is 368 g/mol. The van der Waals surface area contributed by atoms with Crippen LogP contribution in [0.15, 0.2) is 36.0 Å². The van der Waals surface area contributed by atoms with Gasteiger partial charge in [0.05, 0.1) is 12.5 Å². The average Bonchev–Trinajstić information content (AvgIpc) is 3.22. The number of hydrogen-bond donors (Lipinski definition) is 1. The van der Waals surface area contributed by atoms with Crippen molar-refractivity contribution in [3.8, 4) is 5.75 Å². The predicted molar refractivity (Wildman–Crippen MR) is 104 cm³/mol. The fourth-order valence-electron chi connectivity index (χ4n) is 4.95. The number of anilines is 1. The van der Waals surface area contributed by atoms with Crippen molar-refractivity contribution in [1.82, 2.24) is 4.90 Å². The van der Waals surface area contributed by atoms with E-state index in [1.54, 1.807) is 7.11 Å². The van der Waals surface area contributed by atoms with Gasteiger partial charge in [-0.1, -0.05) is 18.9 Å². The SMILES string of the molecule is COc1ccc(NC(=O)C23CCCC=C2N(C2CCCC2)C(=O)CC3)cc1. The number of nitrogens with zero attached hydrogens (tertiary/aromatic N) is 1. The highest BCUT2D eigenvalue weighted by Gasteiger charge is 2.51. The first-order valence-electron chi connectivity index (χ1n) is 10.1. The number of amides is 2. The zero-order valence-corrected chi connectivity index (χ0v) is 16.0. The van der Waals surface area contributed by atoms with Gasteiger partial charge >= 0.3 is 0 Å². The van der Waals surface area contributed by atoms with Gasteiger partial charge in [0.15, 0.2) is 0 Å². The van der Waals surface area contributed by atoms with E-state index in [1.165, 1.54) is 12.8 Å². The van der Waals surface area contributed by atoms with E-state index in [-0.39, 0.29) is 17.9 Å². The van der Waals surface area contributed by atoms with Gasteiger partial charge in [-0.15, -0.1) is 0 Å². The first kappa shape index (κ1) is 18.1. The number of hydrogen-bond acceptors (Lipinski definition) is 3. The summed E-state index contributed by atoms with van der Waals surface area (Å²) in [6.07, 6.45) is 10.4. The number of rotatable bonds is 4. The summed E-state index contributed by atoms with van der Waals surface area (Å²) < 4.78 is 5.19. The second kappa shape index (κ2) is 7.37. The number of allylic oxidation sites excluding steroid dienone is 1. The van der Waals surface area contributed by atoms with Gasteiger partial charge in [-0.3, -0.25) is 9.59 Å². The Bertz CT molecular complexity index is 749. The van der Waals surface area contributed by atoms with Crippen molar-refractivity contribution >= 4 is 17.5 Å². The molecule has 0 bridgehead atoms. The van der Waals surface area contributed by atoms with Gasteiger partial charge in [0.1, 0.15) is 5.75 Å². The molecule has 1 unspecified atom stereocenters. The van der Waals surface area contributed by atoms with Crippen LogP contribution in [0.2, 0.25) is 0 Å². The number of piperidine rings is 1. The summed E-state index contributed by atoms with van der Waals surface area (Å²) in [5.74, 6) is 0.983. The Morgan fingerprint density at radius 3 is 2.59 bits per heavy atom. The van der Waals surface area contributed by atoms with Crippen LogP contribution in [0.3, 0.4) is 0 Å². The lowest BCUT2D eigenvalue weighted by molar-refractivity contribution is -0.140. The molecule has 1 aromatic carbocycles. The minimum atomic E-state index is -0.575. The third-order valence-corrected chi connectivity index (χ3v) is 6.40. The van der Waals surface area contributed by atoms with E-state index < -0.39 is 5.41 Å². The van der Waals surface area contributed by atoms with Gasteiger partial charge < -0.3 is 15.0 Å². The molecule has 4 rings (SSSR count). The van der Waals surface area contributed by atoms with Gasteiger partial charge in [-0.05, 0) is 62.8 Å². The predicted octanol–water partition coefficient (Wildman–Crippen LogP) is 4.25. The Hall–Kier alpha value is -2.30. The summed E-state index contributed by atoms with van der Waals surface area (Å²) in [4.78, 5) is 28.2. The quantitative estimate of drug-likeness (QED) is 0.864. The molecule has 2 aliphatic carbocycles. The van der Waals surface area contributed by atoms with Crippen LogP contribution in [0, 0.1) is 5.41 Å². The van der Waals surface area contributed by atoms with E-state index in [9.17, 15) is 9.59 Å². The van der Waals surface area contributed by atoms with Crippen molar-refractivity contribution in [1.29, 1.82) is 0 Å². The summed E-state index contributed by atoms with van der Waals surface area (Å²) in [6.45, 7) is 0. The highest BCUT2D eigenvalue weighted by molar-refractivity contribution is 5.99. The summed E-state index contributed by atoms with van der Waals surface area (Å²) in [5.41, 5.74) is 1.17. The first-order chi connectivity index (χ1) is 13.1. The van der Waals surface area contributed by atoms with Crippen molar-refractivity contribution in [2.45, 2.75) is 63.8 Å². The molecule has 1 aromatic rings. The van der Waals surface area contributed by atoms with Crippen molar-refractivity contribution < 1.29 is 14.3 Å². The molecular formula is C22H28N2O3. The smallest absolute Gasteiger partial charge is 0.236 e. The number of carbonyl (C=O) groups is 2. The molecular weight excluding hydrogens is 340 g/mol. The van der Waals surface area contributed by atoms with Crippen LogP contribution >= 0.6 is 0 Å². The second-order valence-electron chi connectivity index (χ2n) is 7.95. The largest absolute Gasteiger partial charge is 0.497 e. The van der Waals surface area contributed by atoms with Crippen LogP contribution in [-0.4, -0.2) is 29.9 Å². The van der Waals surface area contributed by atoms with Gasteiger partial charge in [0.2, 0.25) is 11.8 Å². The minimum absolute atomic E-state index is 0.0223. The molecule has 2 fully saturated rings. The molecule has 0 radical (unpaired) electrons. The van der Waals surface area contributed by atoms with Crippen LogP contribution in [0.1, 0.15) is 57.8 Å². The van der Waals surface area contributed by atoms with E-state index in [1.807, 2.05) is 29.2 Å². The first-order valence-corrected chi connectivity index (χ1v) is 10.1. The molecule has 27 heavy (non-hydrogen) atoms. The van der Waals surface area contributed by atoms with Crippen LogP contribution in [0.5, 0.6) is 5.75 Å². The molecule has 1 atom stereocenters. The number of carbonyl (C=O) groups excluding carboxylic acids is 2. The van der Waals surface area contributed by atoms with Crippen molar-refractivity contribution in [2.24, 2.45) is 5.41 Å². The number of methoxy groups -OCH3 is 1. The lowest BCUT2D eigenvalue weighted by Gasteiger charge is -2.48. The number of ether oxygens (including phenoxy) is 1. The highest BCUT2D eigenvalue weighted by Crippen LogP contribution is 2.49. The van der Waals surface area contributed by atoms with Gasteiger partial charge in [0, 0.05) is 23.8 Å². The van der Waals surface area contributed by atoms with E-state index in [0.29, 0.717) is 12.8 Å². The summed E-state index contributed by atoms with van der Waals surface area (Å²) in [6, 6.07) is 7.69. The van der Waals surface area contributed by atoms with Gasteiger partial charge in [0.25, 0.3) is 0 Å². The Morgan fingerprint density at radius 1 is 1.15 bits per heavy atom. The van der Waals surface area contributed by atoms with Crippen molar-refractivity contribution in [3.63, 3.8) is 0 Å². The minimum Gasteiger partial charge on any atom is -0.497 e. The third-order valence-electron chi connectivity index (χ3n) is 6.40. The van der Waals surface area contributed by atoms with E-state index in [2.05, 4.69) is 11.4 Å². The molecule has 2 amide bonds. The number of nitrogens with one attached hydrogen (secondary N) is 1. The Morgan fingerprint density at radius 2 is 1.89 bits per heavy atom. The van der Waals surface area contributed by atoms with Crippen molar-refractivity contribution in [3.05, 3.63) is 36.0 Å². The maximum Gasteiger partial charge on any atom is 0.236 e. The third kappa shape index (κ3) is 3.24. The summed E-state index contributed by atoms with van der Waals surface area (Å²) in [5, 5.41) is 3.11.